The van der Waals surface area contributed by atoms with E-state index in [0.29, 0.717) is 6.61 Å². The molecule has 0 saturated carbocycles. The number of hydrogen-bond acceptors (Lipinski definition) is 5. The number of rotatable bonds is 11. The second kappa shape index (κ2) is 12.2. The molecule has 2 rings (SSSR count). The molecule has 0 aliphatic heterocycles. The van der Waals surface area contributed by atoms with Crippen LogP contribution in [0, 0.1) is 5.82 Å². The van der Waals surface area contributed by atoms with Crippen molar-refractivity contribution in [1.29, 1.82) is 0 Å². The third-order valence-electron chi connectivity index (χ3n) is 5.37. The van der Waals surface area contributed by atoms with Gasteiger partial charge in [-0.05, 0) is 41.5 Å². The van der Waals surface area contributed by atoms with Gasteiger partial charge >= 0.3 is 0 Å². The lowest BCUT2D eigenvalue weighted by Gasteiger charge is -2.23. The van der Waals surface area contributed by atoms with Gasteiger partial charge in [-0.2, -0.15) is 0 Å². The summed E-state index contributed by atoms with van der Waals surface area (Å²) in [7, 11) is 1.64. The Morgan fingerprint density at radius 1 is 1.03 bits per heavy atom. The van der Waals surface area contributed by atoms with Gasteiger partial charge in [-0.1, -0.05) is 52.0 Å². The predicted molar refractivity (Wildman–Crippen MR) is 126 cm³/mol. The highest BCUT2D eigenvalue weighted by Gasteiger charge is 2.23. The van der Waals surface area contributed by atoms with Crippen LogP contribution < -0.4 is 0 Å². The fraction of sp³-hybridized carbons (Fsp3) is 0.500. The first kappa shape index (κ1) is 26.1. The minimum atomic E-state index is -0.881. The summed E-state index contributed by atoms with van der Waals surface area (Å²) in [5.41, 5.74) is 5.36. The van der Waals surface area contributed by atoms with Crippen LogP contribution in [-0.4, -0.2) is 46.2 Å². The molecule has 0 spiro atoms. The molecule has 0 unspecified atom stereocenters. The van der Waals surface area contributed by atoms with E-state index in [1.807, 2.05) is 6.08 Å². The van der Waals surface area contributed by atoms with Gasteiger partial charge in [0, 0.05) is 37.0 Å². The van der Waals surface area contributed by atoms with Crippen LogP contribution in [0.4, 0.5) is 4.39 Å². The van der Waals surface area contributed by atoms with Crippen molar-refractivity contribution in [3.8, 4) is 11.1 Å². The molecule has 0 aliphatic rings. The van der Waals surface area contributed by atoms with E-state index in [9.17, 15) is 14.6 Å². The molecule has 2 aromatic rings. The summed E-state index contributed by atoms with van der Waals surface area (Å²) in [6.07, 6.45) is 2.15. The van der Waals surface area contributed by atoms with Crippen molar-refractivity contribution in [3.63, 3.8) is 0 Å². The van der Waals surface area contributed by atoms with Gasteiger partial charge in [-0.15, -0.1) is 0 Å². The van der Waals surface area contributed by atoms with Gasteiger partial charge in [-0.25, -0.2) is 4.39 Å². The van der Waals surface area contributed by atoms with Crippen molar-refractivity contribution < 1.29 is 24.4 Å². The van der Waals surface area contributed by atoms with E-state index in [-0.39, 0.29) is 37.1 Å². The first-order valence-electron chi connectivity index (χ1n) is 11.2. The van der Waals surface area contributed by atoms with E-state index in [2.05, 4.69) is 27.7 Å². The van der Waals surface area contributed by atoms with Crippen molar-refractivity contribution in [1.82, 2.24) is 4.98 Å². The number of aliphatic hydroxyl groups is 3. The average Bonchev–Trinajstić information content (AvgIpc) is 2.72. The minimum Gasteiger partial charge on any atom is -0.396 e. The Balaban J connectivity index is 2.72. The average molecular weight is 446 g/mol. The molecule has 0 radical (unpaired) electrons. The number of halogens is 1. The third-order valence-corrected chi connectivity index (χ3v) is 5.37. The zero-order chi connectivity index (χ0) is 23.8. The van der Waals surface area contributed by atoms with Crippen LogP contribution in [0.3, 0.4) is 0 Å². The fourth-order valence-electron chi connectivity index (χ4n) is 3.83. The summed E-state index contributed by atoms with van der Waals surface area (Å²) < 4.78 is 19.2. The number of benzene rings is 1. The van der Waals surface area contributed by atoms with E-state index in [0.717, 1.165) is 33.6 Å². The lowest BCUT2D eigenvalue weighted by atomic mass is 9.87. The Morgan fingerprint density at radius 3 is 2.19 bits per heavy atom. The van der Waals surface area contributed by atoms with Crippen molar-refractivity contribution >= 4 is 6.08 Å². The molecule has 6 heteroatoms. The first-order valence-corrected chi connectivity index (χ1v) is 11.2. The molecule has 5 nitrogen and oxygen atoms in total. The van der Waals surface area contributed by atoms with Crippen molar-refractivity contribution in [2.45, 2.75) is 71.2 Å². The monoisotopic (exact) mass is 445 g/mol. The largest absolute Gasteiger partial charge is 0.396 e. The Hall–Kier alpha value is -2.12. The molecule has 0 fully saturated rings. The van der Waals surface area contributed by atoms with Crippen LogP contribution in [0.2, 0.25) is 0 Å². The van der Waals surface area contributed by atoms with E-state index in [1.54, 1.807) is 25.3 Å². The summed E-state index contributed by atoms with van der Waals surface area (Å²) in [6.45, 7) is 8.52. The number of hydrogen-bond donors (Lipinski definition) is 3. The quantitative estimate of drug-likeness (QED) is 0.463. The number of nitrogens with zero attached hydrogens (tertiary/aromatic N) is 1. The van der Waals surface area contributed by atoms with Crippen molar-refractivity contribution in [2.24, 2.45) is 0 Å². The van der Waals surface area contributed by atoms with Crippen LogP contribution in [0.15, 0.2) is 30.3 Å². The Labute approximate surface area is 190 Å². The highest BCUT2D eigenvalue weighted by atomic mass is 19.1. The summed E-state index contributed by atoms with van der Waals surface area (Å²) in [6, 6.07) is 6.36. The van der Waals surface area contributed by atoms with E-state index >= 15 is 0 Å². The van der Waals surface area contributed by atoms with Gasteiger partial charge in [0.15, 0.2) is 0 Å². The number of aromatic nitrogens is 1. The van der Waals surface area contributed by atoms with E-state index in [4.69, 9.17) is 14.8 Å². The minimum absolute atomic E-state index is 0.111. The SMILES string of the molecule is COCc1c(C(C)C)nc(C(C)C)c(/C=C/[C@@H](O)C[C@@H](O)CCO)c1-c1ccc(F)cc1. The van der Waals surface area contributed by atoms with Gasteiger partial charge in [-0.3, -0.25) is 4.98 Å². The molecule has 2 atom stereocenters. The van der Waals surface area contributed by atoms with Crippen LogP contribution in [0.5, 0.6) is 0 Å². The molecule has 0 bridgehead atoms. The molecular weight excluding hydrogens is 409 g/mol. The van der Waals surface area contributed by atoms with Gasteiger partial charge in [0.2, 0.25) is 0 Å². The molecular formula is C26H36FNO4. The Bertz CT molecular complexity index is 894. The van der Waals surface area contributed by atoms with Crippen molar-refractivity contribution in [3.05, 3.63) is 58.7 Å². The number of ether oxygens (including phenoxy) is 1. The molecule has 0 aliphatic carbocycles. The second-order valence-electron chi connectivity index (χ2n) is 8.73. The lowest BCUT2D eigenvalue weighted by Crippen LogP contribution is -2.17. The van der Waals surface area contributed by atoms with Crippen molar-refractivity contribution in [2.75, 3.05) is 13.7 Å². The third kappa shape index (κ3) is 6.69. The zero-order valence-corrected chi connectivity index (χ0v) is 19.7. The second-order valence-corrected chi connectivity index (χ2v) is 8.73. The number of pyridine rings is 1. The zero-order valence-electron chi connectivity index (χ0n) is 19.7. The maximum absolute atomic E-state index is 13.7. The predicted octanol–water partition coefficient (Wildman–Crippen LogP) is 4.79. The molecule has 3 N–H and O–H groups in total. The summed E-state index contributed by atoms with van der Waals surface area (Å²) in [5, 5.41) is 29.3. The molecule has 1 aromatic carbocycles. The van der Waals surface area contributed by atoms with Gasteiger partial charge in [0.1, 0.15) is 5.82 Å². The topological polar surface area (TPSA) is 82.8 Å². The lowest BCUT2D eigenvalue weighted by molar-refractivity contribution is 0.0827. The number of methoxy groups -OCH3 is 1. The highest BCUT2D eigenvalue weighted by molar-refractivity contribution is 5.80. The molecule has 0 saturated heterocycles. The van der Waals surface area contributed by atoms with E-state index < -0.39 is 12.2 Å². The number of aliphatic hydroxyl groups excluding tert-OH is 3. The van der Waals surface area contributed by atoms with Crippen LogP contribution >= 0.6 is 0 Å². The molecule has 1 heterocycles. The summed E-state index contributed by atoms with van der Waals surface area (Å²) in [4.78, 5) is 4.99. The first-order chi connectivity index (χ1) is 15.2. The standard InChI is InChI=1S/C26H36FNO4/c1-16(2)25-22(11-10-20(30)14-21(31)12-13-29)24(18-6-8-19(27)9-7-18)23(15-32-5)26(28-25)17(3)4/h6-11,16-17,20-21,29-31H,12-15H2,1-5H3/b11-10+/t20-,21+/m1/s1. The summed E-state index contributed by atoms with van der Waals surface area (Å²) in [5.74, 6) is -0.0381. The van der Waals surface area contributed by atoms with Gasteiger partial charge < -0.3 is 20.1 Å². The van der Waals surface area contributed by atoms with E-state index in [1.165, 1.54) is 12.1 Å². The molecule has 1 aromatic heterocycles. The molecule has 32 heavy (non-hydrogen) atoms. The van der Waals surface area contributed by atoms with Crippen LogP contribution in [0.1, 0.15) is 74.9 Å². The highest BCUT2D eigenvalue weighted by Crippen LogP contribution is 2.37. The molecule has 176 valence electrons. The van der Waals surface area contributed by atoms with Crippen LogP contribution in [-0.2, 0) is 11.3 Å². The fourth-order valence-corrected chi connectivity index (χ4v) is 3.83. The Morgan fingerprint density at radius 2 is 1.66 bits per heavy atom. The maximum atomic E-state index is 13.7. The maximum Gasteiger partial charge on any atom is 0.123 e. The molecule has 0 amide bonds. The van der Waals surface area contributed by atoms with Crippen LogP contribution in [0.25, 0.3) is 17.2 Å². The van der Waals surface area contributed by atoms with Gasteiger partial charge in [0.05, 0.1) is 24.5 Å². The van der Waals surface area contributed by atoms with Gasteiger partial charge in [0.25, 0.3) is 0 Å². The normalized spacial score (nSPS) is 14.0. The summed E-state index contributed by atoms with van der Waals surface area (Å²) >= 11 is 0. The smallest absolute Gasteiger partial charge is 0.123 e. The Kier molecular flexibility index (Phi) is 9.97.